The summed E-state index contributed by atoms with van der Waals surface area (Å²) in [6.07, 6.45) is 0.798. The molecule has 1 aliphatic rings. The second kappa shape index (κ2) is 4.45. The van der Waals surface area contributed by atoms with E-state index in [4.69, 9.17) is 0 Å². The summed E-state index contributed by atoms with van der Waals surface area (Å²) in [5.41, 5.74) is 4.12. The summed E-state index contributed by atoms with van der Waals surface area (Å²) >= 11 is 0. The zero-order chi connectivity index (χ0) is 14.4. The van der Waals surface area contributed by atoms with E-state index in [0.717, 1.165) is 23.2 Å². The molecule has 0 aliphatic carbocycles. The molecule has 0 spiro atoms. The fourth-order valence-electron chi connectivity index (χ4n) is 3.11. The molecule has 1 amide bonds. The van der Waals surface area contributed by atoms with Crippen molar-refractivity contribution in [2.24, 2.45) is 0 Å². The summed E-state index contributed by atoms with van der Waals surface area (Å²) in [6.45, 7) is 0. The van der Waals surface area contributed by atoms with E-state index in [0.29, 0.717) is 0 Å². The van der Waals surface area contributed by atoms with Gasteiger partial charge in [0.2, 0.25) is 0 Å². The summed E-state index contributed by atoms with van der Waals surface area (Å²) in [5.74, 6) is 0.0691. The number of nitrogens with zero attached hydrogens (tertiary/aromatic N) is 1. The van der Waals surface area contributed by atoms with Gasteiger partial charge >= 0.3 is 0 Å². The lowest BCUT2D eigenvalue weighted by Crippen LogP contribution is -2.26. The molecule has 0 aromatic heterocycles. The molecule has 2 heteroatoms. The molecule has 0 radical (unpaired) electrons. The Balaban J connectivity index is 2.00. The van der Waals surface area contributed by atoms with E-state index in [1.54, 1.807) is 4.90 Å². The standard InChI is InChI=1S/C19H15NO/c1-20-18-12-14-7-3-2-6-13(14)10-16(18)11-15-8-4-5-9-17(15)19(20)21/h2-10,12H,11H2,1H3. The van der Waals surface area contributed by atoms with E-state index in [2.05, 4.69) is 24.3 Å². The molecule has 3 aromatic rings. The average molecular weight is 273 g/mol. The lowest BCUT2D eigenvalue weighted by molar-refractivity contribution is 0.0993. The Hall–Kier alpha value is -2.61. The van der Waals surface area contributed by atoms with Crippen molar-refractivity contribution in [1.82, 2.24) is 0 Å². The molecule has 0 atom stereocenters. The van der Waals surface area contributed by atoms with Gasteiger partial charge in [-0.15, -0.1) is 0 Å². The SMILES string of the molecule is CN1C(=O)c2ccccc2Cc2cc3ccccc3cc21. The zero-order valence-corrected chi connectivity index (χ0v) is 11.8. The maximum Gasteiger partial charge on any atom is 0.258 e. The molecule has 21 heavy (non-hydrogen) atoms. The third-order valence-electron chi connectivity index (χ3n) is 4.24. The van der Waals surface area contributed by atoms with Crippen molar-refractivity contribution in [3.05, 3.63) is 77.4 Å². The lowest BCUT2D eigenvalue weighted by Gasteiger charge is -2.18. The molecule has 1 aliphatic heterocycles. The molecular weight excluding hydrogens is 258 g/mol. The quantitative estimate of drug-likeness (QED) is 0.606. The van der Waals surface area contributed by atoms with E-state index in [1.807, 2.05) is 43.4 Å². The minimum Gasteiger partial charge on any atom is -0.311 e. The summed E-state index contributed by atoms with van der Waals surface area (Å²) in [7, 11) is 1.86. The Kier molecular flexibility index (Phi) is 2.58. The van der Waals surface area contributed by atoms with Crippen molar-refractivity contribution in [2.75, 3.05) is 11.9 Å². The minimum absolute atomic E-state index is 0.0691. The summed E-state index contributed by atoms with van der Waals surface area (Å²) in [6, 6.07) is 20.5. The smallest absolute Gasteiger partial charge is 0.258 e. The number of anilines is 1. The first-order valence-corrected chi connectivity index (χ1v) is 7.12. The van der Waals surface area contributed by atoms with Crippen LogP contribution < -0.4 is 4.90 Å². The van der Waals surface area contributed by atoms with Crippen molar-refractivity contribution in [3.63, 3.8) is 0 Å². The number of hydrogen-bond acceptors (Lipinski definition) is 1. The first-order chi connectivity index (χ1) is 10.2. The van der Waals surface area contributed by atoms with Crippen LogP contribution in [-0.4, -0.2) is 13.0 Å². The van der Waals surface area contributed by atoms with Crippen LogP contribution in [0.5, 0.6) is 0 Å². The fraction of sp³-hybridized carbons (Fsp3) is 0.105. The highest BCUT2D eigenvalue weighted by Crippen LogP contribution is 2.33. The highest BCUT2D eigenvalue weighted by Gasteiger charge is 2.23. The molecule has 3 aromatic carbocycles. The van der Waals surface area contributed by atoms with Gasteiger partial charge in [0.1, 0.15) is 0 Å². The number of benzene rings is 3. The normalized spacial score (nSPS) is 13.8. The van der Waals surface area contributed by atoms with E-state index in [1.165, 1.54) is 16.3 Å². The first-order valence-electron chi connectivity index (χ1n) is 7.12. The van der Waals surface area contributed by atoms with Crippen molar-refractivity contribution >= 4 is 22.4 Å². The van der Waals surface area contributed by atoms with Gasteiger partial charge in [-0.3, -0.25) is 4.79 Å². The van der Waals surface area contributed by atoms with Gasteiger partial charge < -0.3 is 4.90 Å². The van der Waals surface area contributed by atoms with Crippen LogP contribution in [0.2, 0.25) is 0 Å². The average Bonchev–Trinajstić information content (AvgIpc) is 2.62. The van der Waals surface area contributed by atoms with Gasteiger partial charge in [-0.25, -0.2) is 0 Å². The van der Waals surface area contributed by atoms with Gasteiger partial charge in [-0.2, -0.15) is 0 Å². The van der Waals surface area contributed by atoms with Crippen LogP contribution in [0.3, 0.4) is 0 Å². The van der Waals surface area contributed by atoms with Gasteiger partial charge in [0.15, 0.2) is 0 Å². The van der Waals surface area contributed by atoms with E-state index >= 15 is 0 Å². The van der Waals surface area contributed by atoms with Gasteiger partial charge in [0.25, 0.3) is 5.91 Å². The summed E-state index contributed by atoms with van der Waals surface area (Å²) in [5, 5.41) is 2.39. The predicted octanol–water partition coefficient (Wildman–Crippen LogP) is 4.02. The molecule has 0 saturated heterocycles. The Bertz CT molecular complexity index is 866. The maximum atomic E-state index is 12.7. The molecule has 2 nitrogen and oxygen atoms in total. The number of carbonyl (C=O) groups is 1. The molecule has 0 bridgehead atoms. The molecule has 0 N–H and O–H groups in total. The number of rotatable bonds is 0. The molecular formula is C19H15NO. The van der Waals surface area contributed by atoms with Crippen molar-refractivity contribution in [2.45, 2.75) is 6.42 Å². The Morgan fingerprint density at radius 3 is 2.33 bits per heavy atom. The van der Waals surface area contributed by atoms with E-state index < -0.39 is 0 Å². The number of amides is 1. The molecule has 0 saturated carbocycles. The summed E-state index contributed by atoms with van der Waals surface area (Å²) < 4.78 is 0. The van der Waals surface area contributed by atoms with Crippen LogP contribution in [0.4, 0.5) is 5.69 Å². The van der Waals surface area contributed by atoms with Gasteiger partial charge in [-0.05, 0) is 40.1 Å². The van der Waals surface area contributed by atoms with Gasteiger partial charge in [-0.1, -0.05) is 42.5 Å². The Labute approximate surface area is 123 Å². The van der Waals surface area contributed by atoms with Crippen LogP contribution in [0.15, 0.2) is 60.7 Å². The number of fused-ring (bicyclic) bond motifs is 3. The fourth-order valence-corrected chi connectivity index (χ4v) is 3.11. The van der Waals surface area contributed by atoms with Crippen molar-refractivity contribution in [3.8, 4) is 0 Å². The van der Waals surface area contributed by atoms with Crippen LogP contribution in [0.25, 0.3) is 10.8 Å². The Morgan fingerprint density at radius 1 is 0.857 bits per heavy atom. The van der Waals surface area contributed by atoms with E-state index in [9.17, 15) is 4.79 Å². The topological polar surface area (TPSA) is 20.3 Å². The second-order valence-corrected chi connectivity index (χ2v) is 5.53. The third-order valence-corrected chi connectivity index (χ3v) is 4.24. The maximum absolute atomic E-state index is 12.7. The number of carbonyl (C=O) groups excluding carboxylic acids is 1. The van der Waals surface area contributed by atoms with Crippen LogP contribution in [0.1, 0.15) is 21.5 Å². The lowest BCUT2D eigenvalue weighted by atomic mass is 9.98. The molecule has 0 unspecified atom stereocenters. The number of hydrogen-bond donors (Lipinski definition) is 0. The van der Waals surface area contributed by atoms with Crippen LogP contribution in [0, 0.1) is 0 Å². The third kappa shape index (κ3) is 1.83. The highest BCUT2D eigenvalue weighted by molar-refractivity contribution is 6.09. The van der Waals surface area contributed by atoms with Gasteiger partial charge in [0.05, 0.1) is 0 Å². The van der Waals surface area contributed by atoms with E-state index in [-0.39, 0.29) is 5.91 Å². The monoisotopic (exact) mass is 273 g/mol. The van der Waals surface area contributed by atoms with Gasteiger partial charge in [0, 0.05) is 24.7 Å². The predicted molar refractivity (Wildman–Crippen MR) is 85.9 cm³/mol. The molecule has 4 rings (SSSR count). The molecule has 0 fully saturated rings. The van der Waals surface area contributed by atoms with Crippen molar-refractivity contribution < 1.29 is 4.79 Å². The Morgan fingerprint density at radius 2 is 1.52 bits per heavy atom. The second-order valence-electron chi connectivity index (χ2n) is 5.53. The zero-order valence-electron chi connectivity index (χ0n) is 11.8. The van der Waals surface area contributed by atoms with Crippen molar-refractivity contribution in [1.29, 1.82) is 0 Å². The van der Waals surface area contributed by atoms with Crippen LogP contribution in [-0.2, 0) is 6.42 Å². The minimum atomic E-state index is 0.0691. The van der Waals surface area contributed by atoms with Crippen LogP contribution >= 0.6 is 0 Å². The highest BCUT2D eigenvalue weighted by atomic mass is 16.2. The largest absolute Gasteiger partial charge is 0.311 e. The first kappa shape index (κ1) is 12.2. The molecule has 102 valence electrons. The molecule has 1 heterocycles. The summed E-state index contributed by atoms with van der Waals surface area (Å²) in [4.78, 5) is 14.4.